The van der Waals surface area contributed by atoms with Crippen molar-refractivity contribution in [2.24, 2.45) is 5.73 Å². The normalized spacial score (nSPS) is 11.7. The average molecular weight is 315 g/mol. The van der Waals surface area contributed by atoms with Gasteiger partial charge in [-0.2, -0.15) is 0 Å². The number of methoxy groups -OCH3 is 1. The molecule has 0 radical (unpaired) electrons. The molecule has 1 amide bonds. The number of hydrogen-bond acceptors (Lipinski definition) is 5. The van der Waals surface area contributed by atoms with Crippen LogP contribution in [0.5, 0.6) is 5.75 Å². The molecule has 6 heteroatoms. The highest BCUT2D eigenvalue weighted by atomic mass is 16.5. The third-order valence-electron chi connectivity index (χ3n) is 3.24. The van der Waals surface area contributed by atoms with Gasteiger partial charge in [-0.15, -0.1) is 0 Å². The van der Waals surface area contributed by atoms with E-state index in [2.05, 4.69) is 10.3 Å². The molecule has 3 N–H and O–H groups in total. The number of carbonyl (C=O) groups excluding carboxylic acids is 1. The minimum absolute atomic E-state index is 0.149. The van der Waals surface area contributed by atoms with E-state index in [1.54, 1.807) is 18.3 Å². The highest BCUT2D eigenvalue weighted by Gasteiger charge is 2.11. The summed E-state index contributed by atoms with van der Waals surface area (Å²) in [6.07, 6.45) is 1.66. The van der Waals surface area contributed by atoms with Crippen molar-refractivity contribution in [1.29, 1.82) is 0 Å². The molecule has 1 aromatic carbocycles. The number of ether oxygens (including phenoxy) is 2. The predicted molar refractivity (Wildman–Crippen MR) is 88.1 cm³/mol. The van der Waals surface area contributed by atoms with Crippen LogP contribution in [-0.2, 0) is 16.1 Å². The second kappa shape index (κ2) is 8.87. The van der Waals surface area contributed by atoms with Crippen LogP contribution in [0.15, 0.2) is 48.7 Å². The molecule has 0 saturated carbocycles. The summed E-state index contributed by atoms with van der Waals surface area (Å²) in [5.41, 5.74) is 7.02. The Balaban J connectivity index is 1.90. The first-order valence-corrected chi connectivity index (χ1v) is 7.36. The van der Waals surface area contributed by atoms with Gasteiger partial charge in [0.15, 0.2) is 0 Å². The van der Waals surface area contributed by atoms with E-state index in [9.17, 15) is 4.79 Å². The Hall–Kier alpha value is -2.44. The number of aromatic nitrogens is 1. The van der Waals surface area contributed by atoms with Gasteiger partial charge in [0.05, 0.1) is 18.2 Å². The van der Waals surface area contributed by atoms with Crippen molar-refractivity contribution >= 4 is 11.6 Å². The van der Waals surface area contributed by atoms with E-state index in [1.807, 2.05) is 30.3 Å². The second-order valence-electron chi connectivity index (χ2n) is 4.98. The number of amides is 1. The summed E-state index contributed by atoms with van der Waals surface area (Å²) >= 11 is 0. The van der Waals surface area contributed by atoms with Crippen molar-refractivity contribution in [1.82, 2.24) is 4.98 Å². The van der Waals surface area contributed by atoms with Gasteiger partial charge in [0, 0.05) is 31.6 Å². The highest BCUT2D eigenvalue weighted by Crippen LogP contribution is 2.18. The summed E-state index contributed by atoms with van der Waals surface area (Å²) in [7, 11) is 1.54. The Morgan fingerprint density at radius 3 is 2.87 bits per heavy atom. The standard InChI is InChI=1S/C17H21N3O3/c1-22-16(11-18)10-17(21)20-13-6-4-7-15(9-13)23-12-14-5-2-3-8-19-14/h2-9,16H,10-12,18H2,1H3,(H,20,21). The number of rotatable bonds is 8. The van der Waals surface area contributed by atoms with Crippen molar-refractivity contribution in [3.8, 4) is 5.75 Å². The fraction of sp³-hybridized carbons (Fsp3) is 0.294. The number of nitrogens with zero attached hydrogens (tertiary/aromatic N) is 1. The molecule has 0 aliphatic rings. The maximum absolute atomic E-state index is 11.9. The van der Waals surface area contributed by atoms with Crippen LogP contribution in [0.2, 0.25) is 0 Å². The van der Waals surface area contributed by atoms with Crippen molar-refractivity contribution in [2.45, 2.75) is 19.1 Å². The molecule has 0 aliphatic carbocycles. The van der Waals surface area contributed by atoms with Gasteiger partial charge in [-0.25, -0.2) is 0 Å². The first-order valence-electron chi connectivity index (χ1n) is 7.36. The van der Waals surface area contributed by atoms with Crippen LogP contribution in [0.3, 0.4) is 0 Å². The first kappa shape index (κ1) is 16.9. The topological polar surface area (TPSA) is 86.5 Å². The molecule has 2 rings (SSSR count). The molecule has 0 spiro atoms. The first-order chi connectivity index (χ1) is 11.2. The number of nitrogens with two attached hydrogens (primary N) is 1. The fourth-order valence-corrected chi connectivity index (χ4v) is 1.99. The van der Waals surface area contributed by atoms with E-state index in [0.29, 0.717) is 24.6 Å². The molecule has 0 fully saturated rings. The Morgan fingerprint density at radius 2 is 2.17 bits per heavy atom. The van der Waals surface area contributed by atoms with Gasteiger partial charge in [0.2, 0.25) is 5.91 Å². The van der Waals surface area contributed by atoms with Crippen LogP contribution in [0.4, 0.5) is 5.69 Å². The van der Waals surface area contributed by atoms with E-state index in [0.717, 1.165) is 5.69 Å². The Labute approximate surface area is 135 Å². The molecular formula is C17H21N3O3. The van der Waals surface area contributed by atoms with Gasteiger partial charge in [-0.1, -0.05) is 12.1 Å². The summed E-state index contributed by atoms with van der Waals surface area (Å²) < 4.78 is 10.8. The van der Waals surface area contributed by atoms with Gasteiger partial charge < -0.3 is 20.5 Å². The van der Waals surface area contributed by atoms with Crippen molar-refractivity contribution < 1.29 is 14.3 Å². The fourth-order valence-electron chi connectivity index (χ4n) is 1.99. The Kier molecular flexibility index (Phi) is 6.53. The molecule has 0 aliphatic heterocycles. The van der Waals surface area contributed by atoms with Gasteiger partial charge in [0.1, 0.15) is 12.4 Å². The smallest absolute Gasteiger partial charge is 0.227 e. The third kappa shape index (κ3) is 5.69. The van der Waals surface area contributed by atoms with Crippen molar-refractivity contribution in [3.05, 3.63) is 54.4 Å². The van der Waals surface area contributed by atoms with E-state index in [4.69, 9.17) is 15.2 Å². The van der Waals surface area contributed by atoms with Crippen LogP contribution in [-0.4, -0.2) is 30.6 Å². The van der Waals surface area contributed by atoms with Crippen LogP contribution in [0, 0.1) is 0 Å². The molecule has 1 aromatic heterocycles. The summed E-state index contributed by atoms with van der Waals surface area (Å²) in [6, 6.07) is 12.9. The van der Waals surface area contributed by atoms with Crippen LogP contribution < -0.4 is 15.8 Å². The minimum Gasteiger partial charge on any atom is -0.487 e. The van der Waals surface area contributed by atoms with Gasteiger partial charge in [-0.3, -0.25) is 9.78 Å². The lowest BCUT2D eigenvalue weighted by Crippen LogP contribution is -2.28. The Bertz CT molecular complexity index is 615. The lowest BCUT2D eigenvalue weighted by Gasteiger charge is -2.13. The molecular weight excluding hydrogens is 294 g/mol. The van der Waals surface area contributed by atoms with E-state index >= 15 is 0 Å². The van der Waals surface area contributed by atoms with Gasteiger partial charge in [0.25, 0.3) is 0 Å². The largest absolute Gasteiger partial charge is 0.487 e. The summed E-state index contributed by atoms with van der Waals surface area (Å²) in [5.74, 6) is 0.514. The van der Waals surface area contributed by atoms with Crippen LogP contribution >= 0.6 is 0 Å². The number of carbonyl (C=O) groups is 1. The zero-order chi connectivity index (χ0) is 16.5. The molecule has 1 heterocycles. The SMILES string of the molecule is COC(CN)CC(=O)Nc1cccc(OCc2ccccn2)c1. The van der Waals surface area contributed by atoms with Crippen molar-refractivity contribution in [3.63, 3.8) is 0 Å². The van der Waals surface area contributed by atoms with Gasteiger partial charge in [-0.05, 0) is 24.3 Å². The van der Waals surface area contributed by atoms with E-state index in [1.165, 1.54) is 7.11 Å². The van der Waals surface area contributed by atoms with Crippen LogP contribution in [0.1, 0.15) is 12.1 Å². The highest BCUT2D eigenvalue weighted by molar-refractivity contribution is 5.91. The molecule has 23 heavy (non-hydrogen) atoms. The molecule has 1 atom stereocenters. The summed E-state index contributed by atoms with van der Waals surface area (Å²) in [5, 5.41) is 2.81. The molecule has 1 unspecified atom stereocenters. The number of benzene rings is 1. The quantitative estimate of drug-likeness (QED) is 0.777. The van der Waals surface area contributed by atoms with E-state index < -0.39 is 0 Å². The third-order valence-corrected chi connectivity index (χ3v) is 3.24. The molecule has 0 bridgehead atoms. The molecule has 6 nitrogen and oxygen atoms in total. The Morgan fingerprint density at radius 1 is 1.30 bits per heavy atom. The molecule has 0 saturated heterocycles. The zero-order valence-electron chi connectivity index (χ0n) is 13.1. The maximum atomic E-state index is 11.9. The zero-order valence-corrected chi connectivity index (χ0v) is 13.1. The number of hydrogen-bond donors (Lipinski definition) is 2. The van der Waals surface area contributed by atoms with E-state index in [-0.39, 0.29) is 18.4 Å². The minimum atomic E-state index is -0.279. The van der Waals surface area contributed by atoms with Gasteiger partial charge >= 0.3 is 0 Å². The lowest BCUT2D eigenvalue weighted by molar-refractivity contribution is -0.118. The molecule has 122 valence electrons. The summed E-state index contributed by atoms with van der Waals surface area (Å²) in [4.78, 5) is 16.1. The summed E-state index contributed by atoms with van der Waals surface area (Å²) in [6.45, 7) is 0.675. The average Bonchev–Trinajstić information content (AvgIpc) is 2.59. The second-order valence-corrected chi connectivity index (χ2v) is 4.98. The molecule has 2 aromatic rings. The number of pyridine rings is 1. The monoisotopic (exact) mass is 315 g/mol. The van der Waals surface area contributed by atoms with Crippen molar-refractivity contribution in [2.75, 3.05) is 19.0 Å². The maximum Gasteiger partial charge on any atom is 0.227 e. The number of nitrogens with one attached hydrogen (secondary N) is 1. The van der Waals surface area contributed by atoms with Crippen LogP contribution in [0.25, 0.3) is 0 Å². The number of anilines is 1. The lowest BCUT2D eigenvalue weighted by atomic mass is 10.2. The predicted octanol–water partition coefficient (Wildman–Crippen LogP) is 1.96.